The minimum absolute atomic E-state index is 0.191. The van der Waals surface area contributed by atoms with Gasteiger partial charge in [0.1, 0.15) is 5.41 Å². The second kappa shape index (κ2) is 4.74. The maximum atomic E-state index is 12.6. The minimum atomic E-state index is -1.01. The predicted molar refractivity (Wildman–Crippen MR) is 71.3 cm³/mol. The molecule has 0 radical (unpaired) electrons. The maximum absolute atomic E-state index is 12.6. The van der Waals surface area contributed by atoms with Crippen LogP contribution in [-0.2, 0) is 20.9 Å². The number of piperidine rings is 1. The Morgan fingerprint density at radius 3 is 2.50 bits per heavy atom. The number of hydrogen-bond acceptors (Lipinski definition) is 3. The lowest BCUT2D eigenvalue weighted by atomic mass is 9.77. The highest BCUT2D eigenvalue weighted by molar-refractivity contribution is 6.13. The van der Waals surface area contributed by atoms with Crippen LogP contribution in [0.4, 0.5) is 0 Å². The predicted octanol–water partition coefficient (Wildman–Crippen LogP) is 0.842. The lowest BCUT2D eigenvalue weighted by molar-refractivity contribution is -0.161. The summed E-state index contributed by atoms with van der Waals surface area (Å²) in [6.45, 7) is 0.755. The summed E-state index contributed by atoms with van der Waals surface area (Å²) in [6.07, 6.45) is 1.08. The molecule has 1 unspecified atom stereocenters. The van der Waals surface area contributed by atoms with Gasteiger partial charge < -0.3 is 5.32 Å². The highest BCUT2D eigenvalue weighted by atomic mass is 16.2. The molecule has 20 heavy (non-hydrogen) atoms. The normalized spacial score (nSPS) is 26.2. The van der Waals surface area contributed by atoms with Crippen LogP contribution in [0.25, 0.3) is 0 Å². The Kier molecular flexibility index (Phi) is 3.04. The van der Waals surface area contributed by atoms with E-state index in [0.29, 0.717) is 19.4 Å². The Labute approximate surface area is 116 Å². The van der Waals surface area contributed by atoms with Gasteiger partial charge in [-0.15, -0.1) is 0 Å². The van der Waals surface area contributed by atoms with E-state index in [0.717, 1.165) is 5.56 Å². The third-order valence-corrected chi connectivity index (χ3v) is 4.18. The van der Waals surface area contributed by atoms with Crippen molar-refractivity contribution < 1.29 is 14.4 Å². The lowest BCUT2D eigenvalue weighted by Gasteiger charge is -2.36. The molecule has 1 spiro atoms. The van der Waals surface area contributed by atoms with Crippen molar-refractivity contribution in [2.24, 2.45) is 5.41 Å². The number of nitrogens with one attached hydrogen (secondary N) is 1. The van der Waals surface area contributed by atoms with Crippen LogP contribution in [0.1, 0.15) is 24.8 Å². The van der Waals surface area contributed by atoms with E-state index in [1.165, 1.54) is 4.90 Å². The minimum Gasteiger partial charge on any atom is -0.355 e. The third kappa shape index (κ3) is 1.90. The summed E-state index contributed by atoms with van der Waals surface area (Å²) in [5, 5.41) is 2.71. The Balaban J connectivity index is 1.87. The first-order chi connectivity index (χ1) is 9.63. The number of carbonyl (C=O) groups excluding carboxylic acids is 3. The fourth-order valence-corrected chi connectivity index (χ4v) is 2.97. The van der Waals surface area contributed by atoms with Crippen molar-refractivity contribution in [1.82, 2.24) is 10.2 Å². The Morgan fingerprint density at radius 1 is 1.10 bits per heavy atom. The number of likely N-dealkylation sites (tertiary alicyclic amines) is 1. The molecule has 1 N–H and O–H groups in total. The van der Waals surface area contributed by atoms with Gasteiger partial charge in [-0.25, -0.2) is 0 Å². The van der Waals surface area contributed by atoms with Gasteiger partial charge in [-0.05, 0) is 18.4 Å². The van der Waals surface area contributed by atoms with Gasteiger partial charge in [-0.3, -0.25) is 19.3 Å². The van der Waals surface area contributed by atoms with Crippen molar-refractivity contribution in [1.29, 1.82) is 0 Å². The fraction of sp³-hybridized carbons (Fsp3) is 0.400. The van der Waals surface area contributed by atoms with Crippen LogP contribution in [0.2, 0.25) is 0 Å². The number of rotatable bonds is 2. The van der Waals surface area contributed by atoms with Crippen molar-refractivity contribution in [2.45, 2.75) is 25.8 Å². The number of amides is 3. The summed E-state index contributed by atoms with van der Waals surface area (Å²) in [5.74, 6) is -0.759. The quantitative estimate of drug-likeness (QED) is 0.641. The van der Waals surface area contributed by atoms with E-state index in [4.69, 9.17) is 0 Å². The van der Waals surface area contributed by atoms with E-state index < -0.39 is 5.41 Å². The highest BCUT2D eigenvalue weighted by Crippen LogP contribution is 2.38. The first-order valence-electron chi connectivity index (χ1n) is 6.80. The molecule has 1 aromatic rings. The van der Waals surface area contributed by atoms with Crippen LogP contribution in [-0.4, -0.2) is 29.2 Å². The van der Waals surface area contributed by atoms with Crippen LogP contribution in [0.3, 0.4) is 0 Å². The lowest BCUT2D eigenvalue weighted by Crippen LogP contribution is -2.54. The Bertz CT molecular complexity index is 570. The molecule has 3 rings (SSSR count). The monoisotopic (exact) mass is 272 g/mol. The van der Waals surface area contributed by atoms with E-state index >= 15 is 0 Å². The van der Waals surface area contributed by atoms with Crippen LogP contribution in [0.5, 0.6) is 0 Å². The third-order valence-electron chi connectivity index (χ3n) is 4.18. The van der Waals surface area contributed by atoms with E-state index in [1.807, 2.05) is 30.3 Å². The molecule has 1 atom stereocenters. The summed E-state index contributed by atoms with van der Waals surface area (Å²) in [6, 6.07) is 9.36. The van der Waals surface area contributed by atoms with Crippen molar-refractivity contribution >= 4 is 17.7 Å². The molecule has 2 fully saturated rings. The Morgan fingerprint density at radius 2 is 1.85 bits per heavy atom. The molecule has 2 heterocycles. The Hall–Kier alpha value is -2.17. The summed E-state index contributed by atoms with van der Waals surface area (Å²) < 4.78 is 0. The molecule has 5 nitrogen and oxygen atoms in total. The molecule has 3 amide bonds. The molecule has 2 aliphatic heterocycles. The molecule has 1 aromatic carbocycles. The second-order valence-electron chi connectivity index (χ2n) is 5.36. The topological polar surface area (TPSA) is 66.5 Å². The largest absolute Gasteiger partial charge is 0.355 e. The van der Waals surface area contributed by atoms with Gasteiger partial charge in [0.05, 0.1) is 6.54 Å². The van der Waals surface area contributed by atoms with Gasteiger partial charge in [-0.1, -0.05) is 30.3 Å². The van der Waals surface area contributed by atoms with Gasteiger partial charge in [0.25, 0.3) is 0 Å². The molecule has 0 aromatic heterocycles. The van der Waals surface area contributed by atoms with Crippen molar-refractivity contribution in [3.05, 3.63) is 35.9 Å². The highest BCUT2D eigenvalue weighted by Gasteiger charge is 2.54. The summed E-state index contributed by atoms with van der Waals surface area (Å²) >= 11 is 0. The van der Waals surface area contributed by atoms with Crippen LogP contribution in [0, 0.1) is 5.41 Å². The number of imide groups is 1. The van der Waals surface area contributed by atoms with Crippen LogP contribution >= 0.6 is 0 Å². The first kappa shape index (κ1) is 12.8. The summed E-state index contributed by atoms with van der Waals surface area (Å²) in [4.78, 5) is 37.9. The SMILES string of the molecule is O=C1CCC2(CCNC2=O)C(=O)N1Cc1ccccc1. The zero-order valence-electron chi connectivity index (χ0n) is 11.1. The average Bonchev–Trinajstić information content (AvgIpc) is 2.83. The zero-order valence-corrected chi connectivity index (χ0v) is 11.1. The standard InChI is InChI=1S/C15H16N2O3/c18-12-6-7-15(8-9-16-13(15)19)14(20)17(12)10-11-4-2-1-3-5-11/h1-5H,6-10H2,(H,16,19). The average molecular weight is 272 g/mol. The van der Waals surface area contributed by atoms with Crippen LogP contribution < -0.4 is 5.32 Å². The van der Waals surface area contributed by atoms with Gasteiger partial charge in [0.2, 0.25) is 17.7 Å². The molecule has 0 aliphatic carbocycles. The molecule has 104 valence electrons. The number of benzene rings is 1. The van der Waals surface area contributed by atoms with E-state index in [1.54, 1.807) is 0 Å². The van der Waals surface area contributed by atoms with Gasteiger partial charge in [0.15, 0.2) is 0 Å². The summed E-state index contributed by atoms with van der Waals surface area (Å²) in [7, 11) is 0. The van der Waals surface area contributed by atoms with E-state index in [-0.39, 0.29) is 30.7 Å². The summed E-state index contributed by atoms with van der Waals surface area (Å²) in [5.41, 5.74) is -0.118. The fourth-order valence-electron chi connectivity index (χ4n) is 2.97. The van der Waals surface area contributed by atoms with Crippen molar-refractivity contribution in [3.8, 4) is 0 Å². The van der Waals surface area contributed by atoms with Gasteiger partial charge in [0, 0.05) is 13.0 Å². The molecular weight excluding hydrogens is 256 g/mol. The van der Waals surface area contributed by atoms with Crippen LogP contribution in [0.15, 0.2) is 30.3 Å². The first-order valence-corrected chi connectivity index (χ1v) is 6.80. The smallest absolute Gasteiger partial charge is 0.245 e. The van der Waals surface area contributed by atoms with E-state index in [9.17, 15) is 14.4 Å². The van der Waals surface area contributed by atoms with Crippen molar-refractivity contribution in [2.75, 3.05) is 6.54 Å². The number of nitrogens with zero attached hydrogens (tertiary/aromatic N) is 1. The van der Waals surface area contributed by atoms with Gasteiger partial charge >= 0.3 is 0 Å². The van der Waals surface area contributed by atoms with E-state index in [2.05, 4.69) is 5.32 Å². The molecule has 0 bridgehead atoms. The second-order valence-corrected chi connectivity index (χ2v) is 5.36. The molecule has 5 heteroatoms. The van der Waals surface area contributed by atoms with Crippen molar-refractivity contribution in [3.63, 3.8) is 0 Å². The molecule has 2 aliphatic rings. The molecular formula is C15H16N2O3. The molecule has 0 saturated carbocycles. The zero-order chi connectivity index (χ0) is 14.2. The number of hydrogen-bond donors (Lipinski definition) is 1. The number of carbonyl (C=O) groups is 3. The van der Waals surface area contributed by atoms with Gasteiger partial charge in [-0.2, -0.15) is 0 Å². The molecule has 2 saturated heterocycles. The maximum Gasteiger partial charge on any atom is 0.245 e.